The Bertz CT molecular complexity index is 1190. The van der Waals surface area contributed by atoms with Crippen LogP contribution in [0.3, 0.4) is 0 Å². The number of aliphatic carboxylic acids is 2. The van der Waals surface area contributed by atoms with Gasteiger partial charge in [0.25, 0.3) is 0 Å². The predicted octanol–water partition coefficient (Wildman–Crippen LogP) is 0.955. The number of hydrogen-bond donors (Lipinski definition) is 7. The number of benzene rings is 2. The van der Waals surface area contributed by atoms with Gasteiger partial charge in [-0.3, -0.25) is 19.2 Å². The van der Waals surface area contributed by atoms with Gasteiger partial charge in [0.15, 0.2) is 0 Å². The molecule has 41 heavy (non-hydrogen) atoms. The van der Waals surface area contributed by atoms with Crippen LogP contribution in [-0.2, 0) is 36.8 Å². The van der Waals surface area contributed by atoms with Gasteiger partial charge in [-0.05, 0) is 35.6 Å². The highest BCUT2D eigenvalue weighted by atomic mass is 16.4. The fourth-order valence-electron chi connectivity index (χ4n) is 4.03. The highest BCUT2D eigenvalue weighted by Crippen LogP contribution is 2.14. The van der Waals surface area contributed by atoms with Crippen molar-refractivity contribution in [3.8, 4) is 5.75 Å². The third-order valence-corrected chi connectivity index (χ3v) is 6.71. The summed E-state index contributed by atoms with van der Waals surface area (Å²) in [6.07, 6.45) is 0.00278. The Labute approximate surface area is 238 Å². The number of nitrogens with one attached hydrogen (secondary N) is 3. The summed E-state index contributed by atoms with van der Waals surface area (Å²) in [5.41, 5.74) is 7.13. The van der Waals surface area contributed by atoms with Crippen LogP contribution in [0.2, 0.25) is 0 Å². The normalized spacial score (nSPS) is 14.5. The van der Waals surface area contributed by atoms with Crippen molar-refractivity contribution in [3.63, 3.8) is 0 Å². The molecule has 0 fully saturated rings. The van der Waals surface area contributed by atoms with E-state index in [1.54, 1.807) is 49.4 Å². The Morgan fingerprint density at radius 1 is 0.780 bits per heavy atom. The summed E-state index contributed by atoms with van der Waals surface area (Å²) in [7, 11) is 0. The Morgan fingerprint density at radius 2 is 1.34 bits per heavy atom. The van der Waals surface area contributed by atoms with Crippen LogP contribution < -0.4 is 21.7 Å². The first-order valence-electron chi connectivity index (χ1n) is 13.3. The minimum atomic E-state index is -1.24. The van der Waals surface area contributed by atoms with E-state index in [4.69, 9.17) is 10.8 Å². The van der Waals surface area contributed by atoms with E-state index >= 15 is 0 Å². The second-order valence-corrected chi connectivity index (χ2v) is 9.93. The molecule has 2 aromatic rings. The predicted molar refractivity (Wildman–Crippen MR) is 150 cm³/mol. The molecule has 0 saturated carbocycles. The number of carbonyl (C=O) groups excluding carboxylic acids is 3. The maximum absolute atomic E-state index is 13.5. The maximum atomic E-state index is 13.5. The van der Waals surface area contributed by atoms with Gasteiger partial charge in [-0.15, -0.1) is 0 Å². The number of phenols is 1. The van der Waals surface area contributed by atoms with Gasteiger partial charge >= 0.3 is 11.9 Å². The third kappa shape index (κ3) is 10.9. The SMILES string of the molecule is CCC(C)C(NC(=O)C(Cc1ccc(O)cc1)NC(=O)C(N)CCC(=O)O)C(=O)NC(Cc1ccccc1)C(=O)O. The number of phenolic OH excluding ortho intramolecular Hbond substituents is 1. The number of amides is 3. The number of carbonyl (C=O) groups is 5. The molecular formula is C29H38N4O8. The number of nitrogens with two attached hydrogens (primary N) is 1. The van der Waals surface area contributed by atoms with Crippen molar-refractivity contribution < 1.29 is 39.3 Å². The first-order chi connectivity index (χ1) is 19.4. The first-order valence-corrected chi connectivity index (χ1v) is 13.3. The molecule has 5 atom stereocenters. The summed E-state index contributed by atoms with van der Waals surface area (Å²) in [5, 5.41) is 35.9. The van der Waals surface area contributed by atoms with Crippen molar-refractivity contribution in [3.05, 3.63) is 65.7 Å². The van der Waals surface area contributed by atoms with Crippen LogP contribution in [-0.4, -0.2) is 69.1 Å². The highest BCUT2D eigenvalue weighted by molar-refractivity contribution is 5.94. The van der Waals surface area contributed by atoms with E-state index in [0.29, 0.717) is 17.5 Å². The van der Waals surface area contributed by atoms with Gasteiger partial charge in [0, 0.05) is 19.3 Å². The average Bonchev–Trinajstić information content (AvgIpc) is 2.94. The molecule has 2 rings (SSSR count). The van der Waals surface area contributed by atoms with Gasteiger partial charge in [0.1, 0.15) is 23.9 Å². The number of aromatic hydroxyl groups is 1. The van der Waals surface area contributed by atoms with Crippen LogP contribution in [0.15, 0.2) is 54.6 Å². The van der Waals surface area contributed by atoms with Gasteiger partial charge in [0.2, 0.25) is 17.7 Å². The molecule has 5 unspecified atom stereocenters. The van der Waals surface area contributed by atoms with Gasteiger partial charge in [-0.2, -0.15) is 0 Å². The molecule has 0 aromatic heterocycles. The number of hydrogen-bond acceptors (Lipinski definition) is 7. The van der Waals surface area contributed by atoms with E-state index < -0.39 is 59.7 Å². The largest absolute Gasteiger partial charge is 0.508 e. The molecule has 12 heteroatoms. The molecular weight excluding hydrogens is 532 g/mol. The topological polar surface area (TPSA) is 208 Å². The maximum Gasteiger partial charge on any atom is 0.326 e. The number of rotatable bonds is 16. The van der Waals surface area contributed by atoms with Crippen molar-refractivity contribution in [2.24, 2.45) is 11.7 Å². The minimum Gasteiger partial charge on any atom is -0.508 e. The van der Waals surface area contributed by atoms with Crippen LogP contribution in [0, 0.1) is 5.92 Å². The van der Waals surface area contributed by atoms with Crippen molar-refractivity contribution in [2.75, 3.05) is 0 Å². The molecule has 0 spiro atoms. The van der Waals surface area contributed by atoms with Crippen LogP contribution in [0.5, 0.6) is 5.75 Å². The molecule has 0 radical (unpaired) electrons. The lowest BCUT2D eigenvalue weighted by molar-refractivity contribution is -0.142. The van der Waals surface area contributed by atoms with Gasteiger partial charge in [-0.1, -0.05) is 62.7 Å². The number of carboxylic acids is 2. The molecule has 12 nitrogen and oxygen atoms in total. The van der Waals surface area contributed by atoms with Crippen molar-refractivity contribution in [1.82, 2.24) is 16.0 Å². The Hall–Kier alpha value is -4.45. The summed E-state index contributed by atoms with van der Waals surface area (Å²) in [6.45, 7) is 3.54. The van der Waals surface area contributed by atoms with E-state index in [2.05, 4.69) is 16.0 Å². The zero-order chi connectivity index (χ0) is 30.5. The smallest absolute Gasteiger partial charge is 0.326 e. The molecule has 3 amide bonds. The molecule has 0 aliphatic rings. The summed E-state index contributed by atoms with van der Waals surface area (Å²) in [6, 6.07) is 9.99. The molecule has 0 saturated heterocycles. The average molecular weight is 571 g/mol. The van der Waals surface area contributed by atoms with Crippen molar-refractivity contribution in [1.29, 1.82) is 0 Å². The second kappa shape index (κ2) is 16.0. The van der Waals surface area contributed by atoms with E-state index in [9.17, 15) is 34.2 Å². The monoisotopic (exact) mass is 570 g/mol. The third-order valence-electron chi connectivity index (χ3n) is 6.71. The zero-order valence-corrected chi connectivity index (χ0v) is 23.1. The van der Waals surface area contributed by atoms with E-state index in [1.807, 2.05) is 6.92 Å². The van der Waals surface area contributed by atoms with E-state index in [1.165, 1.54) is 12.1 Å². The lowest BCUT2D eigenvalue weighted by atomic mass is 9.96. The van der Waals surface area contributed by atoms with Crippen LogP contribution in [0.1, 0.15) is 44.2 Å². The van der Waals surface area contributed by atoms with Crippen molar-refractivity contribution >= 4 is 29.7 Å². The van der Waals surface area contributed by atoms with Crippen LogP contribution >= 0.6 is 0 Å². The fraction of sp³-hybridized carbons (Fsp3) is 0.414. The molecule has 0 aliphatic heterocycles. The quantitative estimate of drug-likeness (QED) is 0.153. The zero-order valence-electron chi connectivity index (χ0n) is 23.1. The lowest BCUT2D eigenvalue weighted by Crippen LogP contribution is -2.59. The van der Waals surface area contributed by atoms with E-state index in [-0.39, 0.29) is 31.4 Å². The van der Waals surface area contributed by atoms with Gasteiger partial charge < -0.3 is 37.0 Å². The van der Waals surface area contributed by atoms with Crippen LogP contribution in [0.25, 0.3) is 0 Å². The molecule has 222 valence electrons. The fourth-order valence-corrected chi connectivity index (χ4v) is 4.03. The summed E-state index contributed by atoms with van der Waals surface area (Å²) >= 11 is 0. The van der Waals surface area contributed by atoms with E-state index in [0.717, 1.165) is 0 Å². The molecule has 0 heterocycles. The Balaban J connectivity index is 2.24. The van der Waals surface area contributed by atoms with Gasteiger partial charge in [-0.25, -0.2) is 4.79 Å². The summed E-state index contributed by atoms with van der Waals surface area (Å²) in [4.78, 5) is 62.3. The lowest BCUT2D eigenvalue weighted by Gasteiger charge is -2.28. The molecule has 0 aliphatic carbocycles. The number of carboxylic acid groups (broad SMARTS) is 2. The standard InChI is InChI=1S/C29H38N4O8/c1-3-17(2)25(28(39)32-23(29(40)41)16-18-7-5-4-6-8-18)33-27(38)22(15-19-9-11-20(34)12-10-19)31-26(37)21(30)13-14-24(35)36/h4-12,17,21-23,25,34H,3,13-16,30H2,1-2H3,(H,31,37)(H,32,39)(H,33,38)(H,35,36)(H,40,41). The van der Waals surface area contributed by atoms with Crippen molar-refractivity contribution in [2.45, 2.75) is 70.1 Å². The Kier molecular flexibility index (Phi) is 12.8. The summed E-state index contributed by atoms with van der Waals surface area (Å²) in [5.74, 6) is -4.90. The minimum absolute atomic E-state index is 0.00599. The highest BCUT2D eigenvalue weighted by Gasteiger charge is 2.33. The van der Waals surface area contributed by atoms with Crippen LogP contribution in [0.4, 0.5) is 0 Å². The molecule has 0 bridgehead atoms. The molecule has 8 N–H and O–H groups in total. The molecule has 2 aromatic carbocycles. The first kappa shape index (κ1) is 32.8. The summed E-state index contributed by atoms with van der Waals surface area (Å²) < 4.78 is 0. The Morgan fingerprint density at radius 3 is 1.90 bits per heavy atom. The van der Waals surface area contributed by atoms with Gasteiger partial charge in [0.05, 0.1) is 6.04 Å². The second-order valence-electron chi connectivity index (χ2n) is 9.93.